The Hall–Kier alpha value is -2.67. The Labute approximate surface area is 129 Å². The number of amides is 1. The van der Waals surface area contributed by atoms with E-state index in [2.05, 4.69) is 15.6 Å². The number of nitrogens with zero attached hydrogens (tertiary/aromatic N) is 3. The van der Waals surface area contributed by atoms with Gasteiger partial charge in [0, 0.05) is 18.1 Å². The van der Waals surface area contributed by atoms with Gasteiger partial charge in [0.1, 0.15) is 5.76 Å². The number of anilines is 1. The maximum absolute atomic E-state index is 12.4. The van der Waals surface area contributed by atoms with Gasteiger partial charge in [0.25, 0.3) is 5.91 Å². The monoisotopic (exact) mass is 318 g/mol. The minimum atomic E-state index is -0.657. The van der Waals surface area contributed by atoms with Crippen LogP contribution in [0.1, 0.15) is 16.2 Å². The fraction of sp³-hybridized carbons (Fsp3) is 0.143. The summed E-state index contributed by atoms with van der Waals surface area (Å²) in [4.78, 5) is 24.7. The molecule has 0 fully saturated rings. The van der Waals surface area contributed by atoms with Crippen molar-refractivity contribution in [3.05, 3.63) is 51.0 Å². The summed E-state index contributed by atoms with van der Waals surface area (Å²) in [5.74, 6) is 0.106. The van der Waals surface area contributed by atoms with Crippen molar-refractivity contribution in [2.45, 2.75) is 6.92 Å². The lowest BCUT2D eigenvalue weighted by Crippen LogP contribution is -2.26. The van der Waals surface area contributed by atoms with Crippen molar-refractivity contribution >= 4 is 34.2 Å². The molecule has 0 aliphatic carbocycles. The van der Waals surface area contributed by atoms with Crippen LogP contribution in [0.4, 0.5) is 5.82 Å². The second kappa shape index (κ2) is 5.27. The SMILES string of the molecule is Cc1cc(NC(=O)c2nn(C)c3ccc(Cl)cc3c2=O)no1. The molecule has 0 unspecified atom stereocenters. The van der Waals surface area contributed by atoms with Gasteiger partial charge in [0.2, 0.25) is 5.43 Å². The average molecular weight is 319 g/mol. The van der Waals surface area contributed by atoms with E-state index in [4.69, 9.17) is 16.1 Å². The molecule has 112 valence electrons. The van der Waals surface area contributed by atoms with Gasteiger partial charge in [-0.1, -0.05) is 16.8 Å². The molecule has 0 bridgehead atoms. The molecule has 8 heteroatoms. The van der Waals surface area contributed by atoms with Crippen molar-refractivity contribution < 1.29 is 9.32 Å². The van der Waals surface area contributed by atoms with E-state index >= 15 is 0 Å². The number of fused-ring (bicyclic) bond motifs is 1. The van der Waals surface area contributed by atoms with E-state index in [0.29, 0.717) is 21.7 Å². The highest BCUT2D eigenvalue weighted by atomic mass is 35.5. The normalized spacial score (nSPS) is 10.9. The van der Waals surface area contributed by atoms with Crippen LogP contribution in [0.25, 0.3) is 10.9 Å². The van der Waals surface area contributed by atoms with Crippen molar-refractivity contribution in [2.75, 3.05) is 5.32 Å². The first kappa shape index (κ1) is 14.3. The van der Waals surface area contributed by atoms with Crippen LogP contribution in [0.2, 0.25) is 5.02 Å². The molecule has 2 heterocycles. The van der Waals surface area contributed by atoms with E-state index in [1.54, 1.807) is 32.2 Å². The standard InChI is InChI=1S/C14H11ClN4O3/c1-7-5-11(18-22-7)16-14(21)12-13(20)9-6-8(15)3-4-10(9)19(2)17-12/h3-6H,1-2H3,(H,16,18,21). The smallest absolute Gasteiger partial charge is 0.281 e. The summed E-state index contributed by atoms with van der Waals surface area (Å²) in [6.07, 6.45) is 0. The quantitative estimate of drug-likeness (QED) is 0.781. The molecule has 1 N–H and O–H groups in total. The molecule has 1 aromatic carbocycles. The van der Waals surface area contributed by atoms with Crippen molar-refractivity contribution in [3.8, 4) is 0 Å². The molecule has 3 rings (SSSR count). The van der Waals surface area contributed by atoms with Crippen molar-refractivity contribution in [1.82, 2.24) is 14.9 Å². The summed E-state index contributed by atoms with van der Waals surface area (Å²) in [7, 11) is 1.65. The van der Waals surface area contributed by atoms with Crippen LogP contribution in [0.3, 0.4) is 0 Å². The van der Waals surface area contributed by atoms with Crippen molar-refractivity contribution in [2.24, 2.45) is 7.05 Å². The molecule has 0 saturated heterocycles. The van der Waals surface area contributed by atoms with Crippen LogP contribution < -0.4 is 10.7 Å². The number of aryl methyl sites for hydroxylation is 2. The lowest BCUT2D eigenvalue weighted by molar-refractivity contribution is 0.101. The summed E-state index contributed by atoms with van der Waals surface area (Å²) in [5, 5.41) is 10.9. The number of nitrogens with one attached hydrogen (secondary N) is 1. The molecule has 0 atom stereocenters. The molecular formula is C14H11ClN4O3. The highest BCUT2D eigenvalue weighted by Crippen LogP contribution is 2.16. The van der Waals surface area contributed by atoms with E-state index in [-0.39, 0.29) is 11.5 Å². The second-order valence-corrected chi connectivity index (χ2v) is 5.18. The first-order valence-electron chi connectivity index (χ1n) is 6.37. The molecular weight excluding hydrogens is 308 g/mol. The van der Waals surface area contributed by atoms with Crippen molar-refractivity contribution in [3.63, 3.8) is 0 Å². The molecule has 22 heavy (non-hydrogen) atoms. The van der Waals surface area contributed by atoms with Gasteiger partial charge >= 0.3 is 0 Å². The predicted octanol–water partition coefficient (Wildman–Crippen LogP) is 2.14. The van der Waals surface area contributed by atoms with Gasteiger partial charge in [0.15, 0.2) is 11.5 Å². The Bertz CT molecular complexity index is 945. The largest absolute Gasteiger partial charge is 0.360 e. The molecule has 7 nitrogen and oxygen atoms in total. The van der Waals surface area contributed by atoms with Crippen molar-refractivity contribution in [1.29, 1.82) is 0 Å². The fourth-order valence-electron chi connectivity index (χ4n) is 2.10. The van der Waals surface area contributed by atoms with Crippen LogP contribution in [0, 0.1) is 6.92 Å². The summed E-state index contributed by atoms with van der Waals surface area (Å²) in [5.41, 5.74) is -0.144. The Morgan fingerprint density at radius 1 is 1.36 bits per heavy atom. The van der Waals surface area contributed by atoms with E-state index in [1.807, 2.05) is 0 Å². The lowest BCUT2D eigenvalue weighted by atomic mass is 10.2. The molecule has 0 spiro atoms. The number of rotatable bonds is 2. The predicted molar refractivity (Wildman–Crippen MR) is 81.2 cm³/mol. The Morgan fingerprint density at radius 2 is 2.14 bits per heavy atom. The third-order valence-corrected chi connectivity index (χ3v) is 3.34. The maximum Gasteiger partial charge on any atom is 0.281 e. The number of aromatic nitrogens is 3. The van der Waals surface area contributed by atoms with Gasteiger partial charge in [-0.05, 0) is 25.1 Å². The fourth-order valence-corrected chi connectivity index (χ4v) is 2.27. The second-order valence-electron chi connectivity index (χ2n) is 4.74. The molecule has 0 radical (unpaired) electrons. The van der Waals surface area contributed by atoms with Crippen LogP contribution in [-0.2, 0) is 7.05 Å². The minimum Gasteiger partial charge on any atom is -0.360 e. The third kappa shape index (κ3) is 2.46. The average Bonchev–Trinajstić information content (AvgIpc) is 2.87. The lowest BCUT2D eigenvalue weighted by Gasteiger charge is -2.07. The molecule has 0 aliphatic rings. The zero-order valence-corrected chi connectivity index (χ0v) is 12.5. The number of carbonyl (C=O) groups excluding carboxylic acids is 1. The Kier molecular flexibility index (Phi) is 3.42. The summed E-state index contributed by atoms with van der Waals surface area (Å²) >= 11 is 5.92. The van der Waals surface area contributed by atoms with E-state index in [9.17, 15) is 9.59 Å². The molecule has 3 aromatic rings. The number of halogens is 1. The van der Waals surface area contributed by atoms with E-state index in [1.165, 1.54) is 10.7 Å². The highest BCUT2D eigenvalue weighted by Gasteiger charge is 2.18. The zero-order valence-electron chi connectivity index (χ0n) is 11.8. The van der Waals surface area contributed by atoms with Crippen LogP contribution in [0.15, 0.2) is 33.6 Å². The summed E-state index contributed by atoms with van der Waals surface area (Å²) in [6, 6.07) is 6.38. The number of hydrogen-bond donors (Lipinski definition) is 1. The molecule has 2 aromatic heterocycles. The maximum atomic E-state index is 12.4. The van der Waals surface area contributed by atoms with Gasteiger partial charge in [-0.2, -0.15) is 5.10 Å². The number of carbonyl (C=O) groups is 1. The first-order chi connectivity index (χ1) is 10.5. The van der Waals surface area contributed by atoms with Gasteiger partial charge < -0.3 is 9.84 Å². The highest BCUT2D eigenvalue weighted by molar-refractivity contribution is 6.31. The van der Waals surface area contributed by atoms with E-state index in [0.717, 1.165) is 0 Å². The van der Waals surface area contributed by atoms with Crippen LogP contribution in [0.5, 0.6) is 0 Å². The van der Waals surface area contributed by atoms with Gasteiger partial charge in [-0.3, -0.25) is 14.3 Å². The summed E-state index contributed by atoms with van der Waals surface area (Å²) in [6.45, 7) is 1.69. The molecule has 0 aliphatic heterocycles. The topological polar surface area (TPSA) is 90.0 Å². The van der Waals surface area contributed by atoms with Gasteiger partial charge in [-0.25, -0.2) is 0 Å². The van der Waals surface area contributed by atoms with Crippen LogP contribution >= 0.6 is 11.6 Å². The van der Waals surface area contributed by atoms with Crippen LogP contribution in [-0.4, -0.2) is 20.8 Å². The van der Waals surface area contributed by atoms with E-state index < -0.39 is 11.3 Å². The molecule has 0 saturated carbocycles. The number of hydrogen-bond acceptors (Lipinski definition) is 5. The Morgan fingerprint density at radius 3 is 2.82 bits per heavy atom. The van der Waals surface area contributed by atoms with Gasteiger partial charge in [-0.15, -0.1) is 0 Å². The first-order valence-corrected chi connectivity index (χ1v) is 6.75. The zero-order chi connectivity index (χ0) is 15.9. The Balaban J connectivity index is 2.09. The van der Waals surface area contributed by atoms with Gasteiger partial charge in [0.05, 0.1) is 10.9 Å². The number of benzene rings is 1. The molecule has 1 amide bonds. The third-order valence-electron chi connectivity index (χ3n) is 3.10. The minimum absolute atomic E-state index is 0.220. The summed E-state index contributed by atoms with van der Waals surface area (Å²) < 4.78 is 6.31.